The van der Waals surface area contributed by atoms with Gasteiger partial charge in [0.15, 0.2) is 28.9 Å². The van der Waals surface area contributed by atoms with Crippen LogP contribution in [0.2, 0.25) is 5.02 Å². The van der Waals surface area contributed by atoms with Crippen LogP contribution in [-0.2, 0) is 14.3 Å². The minimum Gasteiger partial charge on any atom is -0.464 e. The largest absolute Gasteiger partial charge is 0.464 e. The van der Waals surface area contributed by atoms with E-state index in [1.807, 2.05) is 26.8 Å². The van der Waals surface area contributed by atoms with Crippen molar-refractivity contribution in [3.8, 4) is 5.88 Å². The molecule has 3 fully saturated rings. The highest BCUT2D eigenvalue weighted by Crippen LogP contribution is 2.72. The summed E-state index contributed by atoms with van der Waals surface area (Å²) in [4.78, 5) is 14.8. The number of hydrogen-bond donors (Lipinski definition) is 1. The van der Waals surface area contributed by atoms with Crippen molar-refractivity contribution in [1.29, 1.82) is 0 Å². The van der Waals surface area contributed by atoms with Crippen molar-refractivity contribution < 1.29 is 28.6 Å². The molecule has 4 aliphatic carbocycles. The normalized spacial score (nSPS) is 42.3. The first-order valence-corrected chi connectivity index (χ1v) is 13.9. The predicted molar refractivity (Wildman–Crippen MR) is 141 cm³/mol. The van der Waals surface area contributed by atoms with Crippen LogP contribution in [0, 0.1) is 34.5 Å². The van der Waals surface area contributed by atoms with Crippen LogP contribution in [0.15, 0.2) is 46.0 Å². The number of nitrogens with zero attached hydrogens (tertiary/aromatic N) is 1. The second kappa shape index (κ2) is 7.51. The lowest BCUT2D eigenvalue weighted by Crippen LogP contribution is -2.68. The van der Waals surface area contributed by atoms with E-state index >= 15 is 0 Å². The molecule has 7 rings (SSSR count). The summed E-state index contributed by atoms with van der Waals surface area (Å²) >= 11 is 6.27. The van der Waals surface area contributed by atoms with Crippen LogP contribution in [0.3, 0.4) is 0 Å². The van der Waals surface area contributed by atoms with Crippen molar-refractivity contribution in [2.75, 3.05) is 6.61 Å². The third-order valence-corrected chi connectivity index (χ3v) is 10.5. The molecule has 1 aliphatic heterocycles. The van der Waals surface area contributed by atoms with Gasteiger partial charge in [0, 0.05) is 10.9 Å². The Hall–Kier alpha value is -2.19. The fourth-order valence-corrected chi connectivity index (χ4v) is 8.56. The molecule has 2 saturated carbocycles. The third kappa shape index (κ3) is 2.96. The lowest BCUT2D eigenvalue weighted by Gasteiger charge is -2.52. The number of allylic oxidation sites excluding steroid dienone is 1. The number of benzene rings is 1. The smallest absolute Gasteiger partial charge is 0.262 e. The maximum Gasteiger partial charge on any atom is 0.262 e. The highest BCUT2D eigenvalue weighted by atomic mass is 35.5. The maximum absolute atomic E-state index is 14.8. The van der Waals surface area contributed by atoms with E-state index in [2.05, 4.69) is 32.0 Å². The van der Waals surface area contributed by atoms with E-state index < -0.39 is 29.0 Å². The van der Waals surface area contributed by atoms with Crippen molar-refractivity contribution in [2.24, 2.45) is 34.5 Å². The topological polar surface area (TPSA) is 91.0 Å². The van der Waals surface area contributed by atoms with Gasteiger partial charge in [-0.3, -0.25) is 4.79 Å². The van der Waals surface area contributed by atoms with Gasteiger partial charge in [0.25, 0.3) is 5.88 Å². The molecule has 1 N–H and O–H groups in total. The third-order valence-electron chi connectivity index (χ3n) is 10.3. The lowest BCUT2D eigenvalue weighted by atomic mass is 9.59. The summed E-state index contributed by atoms with van der Waals surface area (Å²) in [6, 6.07) is 5.19. The van der Waals surface area contributed by atoms with Gasteiger partial charge in [0.2, 0.25) is 0 Å². The number of ketones is 1. The average molecular weight is 540 g/mol. The van der Waals surface area contributed by atoms with Gasteiger partial charge in [-0.05, 0) is 84.9 Å². The SMILES string of the molecule is CC1=CC23C(=O)[C@@H](C=C4COC(C)(C)O[C@H]4[C@]2(O)[C@H]1Oc1noc2ccc(Cl)cc12)[C@H]1[C@@H](C[C@H]3C)C1(C)C. The summed E-state index contributed by atoms with van der Waals surface area (Å²) in [5.41, 5.74) is -0.755. The second-order valence-electron chi connectivity index (χ2n) is 13.1. The molecule has 2 heterocycles. The molecule has 2 bridgehead atoms. The van der Waals surface area contributed by atoms with Gasteiger partial charge >= 0.3 is 0 Å². The number of hydrogen-bond acceptors (Lipinski definition) is 7. The van der Waals surface area contributed by atoms with Crippen LogP contribution >= 0.6 is 11.6 Å². The van der Waals surface area contributed by atoms with Gasteiger partial charge in [0.05, 0.1) is 17.4 Å². The molecule has 202 valence electrons. The fraction of sp³-hybridized carbons (Fsp3) is 0.600. The Morgan fingerprint density at radius 1 is 1.21 bits per heavy atom. The van der Waals surface area contributed by atoms with E-state index in [0.717, 1.165) is 17.6 Å². The standard InChI is InChI=1S/C30H34ClNO6/c1-14-12-29-15(2)9-20-22(27(20,3)4)19(23(29)33)10-16-13-35-28(5,6)37-25(16)30(29,34)24(14)36-26-18-11-17(31)7-8-21(18)38-32-26/h7-8,10-12,15,19-20,22,24-25,34H,9,13H2,1-6H3/t15-,19+,20-,22+,24+,25-,29?,30-/m1/s1. The minimum atomic E-state index is -1.72. The Morgan fingerprint density at radius 2 is 1.97 bits per heavy atom. The molecule has 38 heavy (non-hydrogen) atoms. The van der Waals surface area contributed by atoms with Gasteiger partial charge < -0.3 is 23.8 Å². The summed E-state index contributed by atoms with van der Waals surface area (Å²) in [6.45, 7) is 12.5. The highest BCUT2D eigenvalue weighted by molar-refractivity contribution is 6.31. The zero-order valence-corrected chi connectivity index (χ0v) is 23.3. The first kappa shape index (κ1) is 24.8. The highest BCUT2D eigenvalue weighted by Gasteiger charge is 2.77. The summed E-state index contributed by atoms with van der Waals surface area (Å²) in [6.07, 6.45) is 3.17. The van der Waals surface area contributed by atoms with Crippen molar-refractivity contribution in [1.82, 2.24) is 5.16 Å². The summed E-state index contributed by atoms with van der Waals surface area (Å²) < 4.78 is 24.7. The molecule has 1 unspecified atom stereocenters. The zero-order valence-electron chi connectivity index (χ0n) is 22.6. The van der Waals surface area contributed by atoms with Gasteiger partial charge in [-0.15, -0.1) is 0 Å². The van der Waals surface area contributed by atoms with E-state index in [9.17, 15) is 9.90 Å². The molecule has 8 heteroatoms. The molecule has 0 radical (unpaired) electrons. The first-order valence-electron chi connectivity index (χ1n) is 13.5. The second-order valence-corrected chi connectivity index (χ2v) is 13.6. The van der Waals surface area contributed by atoms with Gasteiger partial charge in [-0.1, -0.05) is 44.5 Å². The number of ether oxygens (including phenoxy) is 3. The number of aromatic nitrogens is 1. The molecule has 5 aliphatic rings. The maximum atomic E-state index is 14.8. The molecule has 1 spiro atoms. The Balaban J connectivity index is 1.43. The van der Waals surface area contributed by atoms with Crippen molar-refractivity contribution in [3.63, 3.8) is 0 Å². The number of carbonyl (C=O) groups excluding carboxylic acids is 1. The molecule has 1 aromatic carbocycles. The number of halogens is 1. The molecule has 1 saturated heterocycles. The number of carbonyl (C=O) groups is 1. The van der Waals surface area contributed by atoms with Gasteiger partial charge in [-0.25, -0.2) is 0 Å². The Morgan fingerprint density at radius 3 is 2.74 bits per heavy atom. The van der Waals surface area contributed by atoms with Gasteiger partial charge in [0.1, 0.15) is 6.10 Å². The summed E-state index contributed by atoms with van der Waals surface area (Å²) in [7, 11) is 0. The van der Waals surface area contributed by atoms with Gasteiger partial charge in [-0.2, -0.15) is 0 Å². The fourth-order valence-electron chi connectivity index (χ4n) is 8.39. The molecule has 2 aromatic rings. The molecule has 1 aromatic heterocycles. The van der Waals surface area contributed by atoms with Crippen molar-refractivity contribution in [2.45, 2.75) is 71.6 Å². The van der Waals surface area contributed by atoms with E-state index in [1.54, 1.807) is 18.2 Å². The molecule has 8 atom stereocenters. The van der Waals surface area contributed by atoms with Crippen LogP contribution in [-0.4, -0.2) is 46.2 Å². The average Bonchev–Trinajstić information content (AvgIpc) is 3.12. The Labute approximate surface area is 227 Å². The molecule has 0 amide bonds. The van der Waals surface area contributed by atoms with E-state index in [-0.39, 0.29) is 41.4 Å². The molecule has 7 nitrogen and oxygen atoms in total. The first-order chi connectivity index (χ1) is 17.8. The quantitative estimate of drug-likeness (QED) is 0.504. The predicted octanol–water partition coefficient (Wildman–Crippen LogP) is 5.49. The van der Waals surface area contributed by atoms with Crippen molar-refractivity contribution in [3.05, 3.63) is 46.5 Å². The van der Waals surface area contributed by atoms with Crippen LogP contribution in [0.5, 0.6) is 5.88 Å². The number of aliphatic hydroxyl groups is 1. The minimum absolute atomic E-state index is 0.0485. The van der Waals surface area contributed by atoms with E-state index in [1.165, 1.54) is 0 Å². The number of Topliss-reactive ketones (excluding diaryl/α,β-unsaturated/α-hetero) is 1. The van der Waals surface area contributed by atoms with Crippen LogP contribution in [0.25, 0.3) is 11.0 Å². The van der Waals surface area contributed by atoms with Crippen LogP contribution < -0.4 is 4.74 Å². The van der Waals surface area contributed by atoms with Crippen molar-refractivity contribution >= 4 is 28.4 Å². The summed E-state index contributed by atoms with van der Waals surface area (Å²) in [5.74, 6) is -0.509. The summed E-state index contributed by atoms with van der Waals surface area (Å²) in [5, 5.41) is 18.5. The molecular formula is C30H34ClNO6. The number of fused-ring (bicyclic) bond motifs is 6. The molecular weight excluding hydrogens is 506 g/mol. The Bertz CT molecular complexity index is 1440. The van der Waals surface area contributed by atoms with E-state index in [4.69, 9.17) is 30.3 Å². The zero-order chi connectivity index (χ0) is 27.0. The van der Waals surface area contributed by atoms with E-state index in [0.29, 0.717) is 21.9 Å². The monoisotopic (exact) mass is 539 g/mol. The van der Waals surface area contributed by atoms with Crippen LogP contribution in [0.4, 0.5) is 0 Å². The Kier molecular flexibility index (Phi) is 4.90. The van der Waals surface area contributed by atoms with Crippen LogP contribution in [0.1, 0.15) is 48.0 Å². The number of rotatable bonds is 2. The lowest BCUT2D eigenvalue weighted by molar-refractivity contribution is -0.301.